The lowest BCUT2D eigenvalue weighted by Crippen LogP contribution is -2.45. The molecule has 5 unspecified atom stereocenters. The van der Waals surface area contributed by atoms with Gasteiger partial charge in [0.25, 0.3) is 0 Å². The molecule has 2 aliphatic heterocycles. The summed E-state index contributed by atoms with van der Waals surface area (Å²) in [6.07, 6.45) is 3.55. The first kappa shape index (κ1) is 14.1. The van der Waals surface area contributed by atoms with Crippen molar-refractivity contribution in [3.63, 3.8) is 0 Å². The lowest BCUT2D eigenvalue weighted by molar-refractivity contribution is -0.177. The topological polar surface area (TPSA) is 78.9 Å². The largest absolute Gasteiger partial charge is 0.458 e. The molecule has 0 N–H and O–H groups in total. The van der Waals surface area contributed by atoms with Gasteiger partial charge in [-0.3, -0.25) is 4.79 Å². The number of rotatable bonds is 4. The number of carbonyl (C=O) groups is 3. The molecule has 0 aromatic rings. The fraction of sp³-hybridized carbons (Fsp3) is 0.667. The Bertz CT molecular complexity index is 485. The first-order valence-corrected chi connectivity index (χ1v) is 7.26. The van der Waals surface area contributed by atoms with Gasteiger partial charge >= 0.3 is 17.9 Å². The normalized spacial score (nSPS) is 36.6. The monoisotopic (exact) mass is 294 g/mol. The zero-order valence-corrected chi connectivity index (χ0v) is 11.7. The summed E-state index contributed by atoms with van der Waals surface area (Å²) in [7, 11) is 0. The van der Waals surface area contributed by atoms with Crippen molar-refractivity contribution in [1.29, 1.82) is 0 Å². The molecule has 114 valence electrons. The van der Waals surface area contributed by atoms with Gasteiger partial charge < -0.3 is 14.2 Å². The summed E-state index contributed by atoms with van der Waals surface area (Å²) in [4.78, 5) is 34.6. The Labute approximate surface area is 122 Å². The third-order valence-corrected chi connectivity index (χ3v) is 4.61. The second kappa shape index (κ2) is 5.50. The molecule has 0 amide bonds. The van der Waals surface area contributed by atoms with E-state index in [-0.39, 0.29) is 23.9 Å². The number of fused-ring (bicyclic) bond motifs is 1. The van der Waals surface area contributed by atoms with Crippen LogP contribution in [0.1, 0.15) is 25.7 Å². The first-order chi connectivity index (χ1) is 10.1. The van der Waals surface area contributed by atoms with Gasteiger partial charge in [-0.25, -0.2) is 9.59 Å². The third kappa shape index (κ3) is 2.80. The molecule has 2 aliphatic carbocycles. The minimum Gasteiger partial charge on any atom is -0.458 e. The van der Waals surface area contributed by atoms with Crippen LogP contribution in [0.5, 0.6) is 0 Å². The van der Waals surface area contributed by atoms with E-state index in [4.69, 9.17) is 9.47 Å². The average Bonchev–Trinajstić information content (AvgIpc) is 2.62. The fourth-order valence-corrected chi connectivity index (χ4v) is 3.81. The van der Waals surface area contributed by atoms with Crippen molar-refractivity contribution < 1.29 is 28.6 Å². The SMILES string of the molecule is C=CC(=O)OCC(=O)OC1C2CC3CC(C2)C(=O)OC1C3. The number of carbonyl (C=O) groups excluding carboxylic acids is 3. The quantitative estimate of drug-likeness (QED) is 0.437. The maximum atomic E-state index is 11.9. The lowest BCUT2D eigenvalue weighted by Gasteiger charge is -2.41. The molecular weight excluding hydrogens is 276 g/mol. The maximum Gasteiger partial charge on any atom is 0.344 e. The zero-order valence-electron chi connectivity index (χ0n) is 11.7. The molecule has 2 saturated heterocycles. The molecule has 0 spiro atoms. The Hall–Kier alpha value is -1.85. The van der Waals surface area contributed by atoms with Gasteiger partial charge in [0.05, 0.1) is 5.92 Å². The highest BCUT2D eigenvalue weighted by Crippen LogP contribution is 2.48. The molecule has 4 fully saturated rings. The molecule has 2 heterocycles. The van der Waals surface area contributed by atoms with E-state index < -0.39 is 24.6 Å². The molecule has 6 nitrogen and oxygen atoms in total. The van der Waals surface area contributed by atoms with Gasteiger partial charge in [-0.2, -0.15) is 0 Å². The van der Waals surface area contributed by atoms with Crippen LogP contribution in [0.15, 0.2) is 12.7 Å². The Kier molecular flexibility index (Phi) is 3.69. The molecule has 4 bridgehead atoms. The molecule has 4 aliphatic rings. The molecule has 0 radical (unpaired) electrons. The van der Waals surface area contributed by atoms with E-state index in [0.717, 1.165) is 31.8 Å². The van der Waals surface area contributed by atoms with Crippen LogP contribution in [0.3, 0.4) is 0 Å². The van der Waals surface area contributed by atoms with Gasteiger partial charge in [0.1, 0.15) is 12.2 Å². The van der Waals surface area contributed by atoms with E-state index in [0.29, 0.717) is 5.92 Å². The molecule has 0 aromatic carbocycles. The molecule has 21 heavy (non-hydrogen) atoms. The van der Waals surface area contributed by atoms with Gasteiger partial charge in [0.2, 0.25) is 0 Å². The van der Waals surface area contributed by atoms with Crippen molar-refractivity contribution in [3.8, 4) is 0 Å². The summed E-state index contributed by atoms with van der Waals surface area (Å²) in [6, 6.07) is 0. The van der Waals surface area contributed by atoms with Crippen LogP contribution >= 0.6 is 0 Å². The number of ether oxygens (including phenoxy) is 3. The minimum absolute atomic E-state index is 0.0546. The van der Waals surface area contributed by atoms with E-state index >= 15 is 0 Å². The molecule has 5 atom stereocenters. The summed E-state index contributed by atoms with van der Waals surface area (Å²) < 4.78 is 15.5. The molecule has 4 rings (SSSR count). The Balaban J connectivity index is 1.63. The van der Waals surface area contributed by atoms with Crippen LogP contribution in [-0.2, 0) is 28.6 Å². The highest BCUT2D eigenvalue weighted by Gasteiger charge is 2.51. The van der Waals surface area contributed by atoms with Crippen molar-refractivity contribution in [2.24, 2.45) is 17.8 Å². The predicted octanol–water partition coefficient (Wildman–Crippen LogP) is 0.989. The zero-order chi connectivity index (χ0) is 15.0. The highest BCUT2D eigenvalue weighted by atomic mass is 16.6. The van der Waals surface area contributed by atoms with E-state index in [2.05, 4.69) is 11.3 Å². The average molecular weight is 294 g/mol. The fourth-order valence-electron chi connectivity index (χ4n) is 3.81. The summed E-state index contributed by atoms with van der Waals surface area (Å²) >= 11 is 0. The first-order valence-electron chi connectivity index (χ1n) is 7.26. The van der Waals surface area contributed by atoms with Gasteiger partial charge in [0.15, 0.2) is 6.61 Å². The smallest absolute Gasteiger partial charge is 0.344 e. The minimum atomic E-state index is -0.666. The van der Waals surface area contributed by atoms with Crippen molar-refractivity contribution in [3.05, 3.63) is 12.7 Å². The Morgan fingerprint density at radius 3 is 2.86 bits per heavy atom. The molecular formula is C15H18O6. The predicted molar refractivity (Wildman–Crippen MR) is 69.9 cm³/mol. The van der Waals surface area contributed by atoms with Gasteiger partial charge in [0, 0.05) is 12.0 Å². The molecule has 6 heteroatoms. The van der Waals surface area contributed by atoms with Crippen molar-refractivity contribution in [1.82, 2.24) is 0 Å². The summed E-state index contributed by atoms with van der Waals surface area (Å²) in [5, 5.41) is 0. The summed E-state index contributed by atoms with van der Waals surface area (Å²) in [5.41, 5.74) is 0. The van der Waals surface area contributed by atoms with Crippen LogP contribution in [-0.4, -0.2) is 36.7 Å². The van der Waals surface area contributed by atoms with Crippen LogP contribution in [0.4, 0.5) is 0 Å². The number of hydrogen-bond donors (Lipinski definition) is 0. The van der Waals surface area contributed by atoms with Gasteiger partial charge in [-0.05, 0) is 31.6 Å². The van der Waals surface area contributed by atoms with Crippen LogP contribution < -0.4 is 0 Å². The second-order valence-corrected chi connectivity index (χ2v) is 6.01. The highest BCUT2D eigenvalue weighted by molar-refractivity contribution is 5.83. The third-order valence-electron chi connectivity index (χ3n) is 4.61. The van der Waals surface area contributed by atoms with E-state index in [1.807, 2.05) is 0 Å². The van der Waals surface area contributed by atoms with Gasteiger partial charge in [-0.1, -0.05) is 6.58 Å². The summed E-state index contributed by atoms with van der Waals surface area (Å²) in [5.74, 6) is -0.846. The van der Waals surface area contributed by atoms with Crippen LogP contribution in [0, 0.1) is 17.8 Å². The van der Waals surface area contributed by atoms with Crippen LogP contribution in [0.2, 0.25) is 0 Å². The van der Waals surface area contributed by atoms with E-state index in [1.54, 1.807) is 0 Å². The Morgan fingerprint density at radius 1 is 1.29 bits per heavy atom. The van der Waals surface area contributed by atoms with Crippen molar-refractivity contribution in [2.75, 3.05) is 6.61 Å². The standard InChI is InChI=1S/C15H18O6/c1-2-12(16)19-7-13(17)21-14-9-3-8-4-10(6-9)15(18)20-11(14)5-8/h2,8-11,14H,1,3-7H2. The van der Waals surface area contributed by atoms with Crippen molar-refractivity contribution >= 4 is 17.9 Å². The molecule has 2 saturated carbocycles. The Morgan fingerprint density at radius 2 is 2.10 bits per heavy atom. The van der Waals surface area contributed by atoms with Crippen LogP contribution in [0.25, 0.3) is 0 Å². The maximum absolute atomic E-state index is 11.9. The number of hydrogen-bond acceptors (Lipinski definition) is 6. The van der Waals surface area contributed by atoms with E-state index in [9.17, 15) is 14.4 Å². The molecule has 0 aromatic heterocycles. The summed E-state index contributed by atoms with van der Waals surface area (Å²) in [6.45, 7) is 2.81. The van der Waals surface area contributed by atoms with E-state index in [1.165, 1.54) is 0 Å². The lowest BCUT2D eigenvalue weighted by atomic mass is 9.67. The van der Waals surface area contributed by atoms with Crippen molar-refractivity contribution in [2.45, 2.75) is 37.9 Å². The number of esters is 3. The van der Waals surface area contributed by atoms with Gasteiger partial charge in [-0.15, -0.1) is 0 Å². The second-order valence-electron chi connectivity index (χ2n) is 6.01.